The van der Waals surface area contributed by atoms with Gasteiger partial charge in [0.2, 0.25) is 5.75 Å². The van der Waals surface area contributed by atoms with Crippen LogP contribution < -0.4 is 10.3 Å². The largest absolute Gasteiger partial charge is 0.507 e. The van der Waals surface area contributed by atoms with Gasteiger partial charge in [-0.25, -0.2) is 15.0 Å². The maximum atomic E-state index is 14.2. The first-order chi connectivity index (χ1) is 14.7. The fraction of sp³-hybridized carbons (Fsp3) is 0.176. The van der Waals surface area contributed by atoms with E-state index in [0.29, 0.717) is 12.1 Å². The zero-order valence-corrected chi connectivity index (χ0v) is 15.1. The third kappa shape index (κ3) is 4.31. The molecule has 2 aromatic heterocycles. The highest BCUT2D eigenvalue weighted by molar-refractivity contribution is 5.48. The number of aromatic nitrogens is 4. The number of aromatic amines is 1. The summed E-state index contributed by atoms with van der Waals surface area (Å²) in [5, 5.41) is 9.31. The Labute approximate surface area is 171 Å². The topological polar surface area (TPSA) is 101 Å². The van der Waals surface area contributed by atoms with Crippen LogP contribution in [0.2, 0.25) is 0 Å². The third-order valence-corrected chi connectivity index (χ3v) is 3.80. The number of benzene rings is 1. The van der Waals surface area contributed by atoms with Crippen molar-refractivity contribution in [2.45, 2.75) is 18.3 Å². The highest BCUT2D eigenvalue weighted by Crippen LogP contribution is 2.46. The summed E-state index contributed by atoms with van der Waals surface area (Å²) in [5.74, 6) is -11.1. The van der Waals surface area contributed by atoms with E-state index in [-0.39, 0.29) is 6.07 Å². The molecule has 15 heteroatoms. The number of rotatable bonds is 4. The average molecular weight is 468 g/mol. The molecule has 2 heterocycles. The van der Waals surface area contributed by atoms with Crippen LogP contribution in [0.25, 0.3) is 11.6 Å². The minimum Gasteiger partial charge on any atom is -0.507 e. The molecule has 0 aliphatic carbocycles. The minimum absolute atomic E-state index is 0.110. The van der Waals surface area contributed by atoms with E-state index in [0.717, 1.165) is 12.4 Å². The Bertz CT molecular complexity index is 1190. The van der Waals surface area contributed by atoms with Crippen molar-refractivity contribution < 1.29 is 45.0 Å². The van der Waals surface area contributed by atoms with Crippen molar-refractivity contribution in [3.63, 3.8) is 0 Å². The molecule has 32 heavy (non-hydrogen) atoms. The van der Waals surface area contributed by atoms with E-state index in [1.807, 2.05) is 4.98 Å². The van der Waals surface area contributed by atoms with Gasteiger partial charge in [0, 0.05) is 12.4 Å². The molecule has 7 nitrogen and oxygen atoms in total. The molecular formula is C17H8F8N4O3. The molecule has 3 rings (SSSR count). The van der Waals surface area contributed by atoms with Gasteiger partial charge in [-0.1, -0.05) is 0 Å². The van der Waals surface area contributed by atoms with Crippen LogP contribution in [-0.2, 0) is 12.1 Å². The first-order valence-electron chi connectivity index (χ1n) is 8.16. The van der Waals surface area contributed by atoms with Gasteiger partial charge in [0.25, 0.3) is 5.56 Å². The number of aromatic hydroxyl groups is 1. The Morgan fingerprint density at radius 1 is 0.969 bits per heavy atom. The maximum Gasteiger partial charge on any atom is 0.459 e. The van der Waals surface area contributed by atoms with E-state index in [1.54, 1.807) is 0 Å². The lowest BCUT2D eigenvalue weighted by Crippen LogP contribution is -2.36. The van der Waals surface area contributed by atoms with E-state index in [2.05, 4.69) is 19.7 Å². The van der Waals surface area contributed by atoms with Gasteiger partial charge < -0.3 is 14.8 Å². The zero-order chi connectivity index (χ0) is 23.9. The summed E-state index contributed by atoms with van der Waals surface area (Å²) >= 11 is 0. The quantitative estimate of drug-likeness (QED) is 0.551. The average Bonchev–Trinajstić information content (AvgIpc) is 2.69. The van der Waals surface area contributed by atoms with Crippen LogP contribution in [0.4, 0.5) is 35.1 Å². The predicted molar refractivity (Wildman–Crippen MR) is 89.0 cm³/mol. The molecule has 170 valence electrons. The molecule has 0 spiro atoms. The van der Waals surface area contributed by atoms with Crippen molar-refractivity contribution in [3.05, 3.63) is 58.3 Å². The summed E-state index contributed by atoms with van der Waals surface area (Å²) in [6.07, 6.45) is -9.19. The van der Waals surface area contributed by atoms with Gasteiger partial charge in [-0.05, 0) is 24.3 Å². The van der Waals surface area contributed by atoms with Gasteiger partial charge in [-0.3, -0.25) is 4.79 Å². The molecule has 3 aromatic rings. The van der Waals surface area contributed by atoms with Crippen LogP contribution in [0.15, 0.2) is 41.5 Å². The fourth-order valence-corrected chi connectivity index (χ4v) is 2.35. The molecule has 0 saturated heterocycles. The first kappa shape index (κ1) is 22.9. The van der Waals surface area contributed by atoms with Crippen molar-refractivity contribution >= 4 is 0 Å². The van der Waals surface area contributed by atoms with Gasteiger partial charge in [-0.2, -0.15) is 35.1 Å². The van der Waals surface area contributed by atoms with Crippen molar-refractivity contribution in [3.8, 4) is 28.9 Å². The number of hydrogen-bond donors (Lipinski definition) is 2. The third-order valence-electron chi connectivity index (χ3n) is 3.80. The Kier molecular flexibility index (Phi) is 5.53. The number of hydrogen-bond acceptors (Lipinski definition) is 6. The maximum absolute atomic E-state index is 14.2. The van der Waals surface area contributed by atoms with Gasteiger partial charge in [0.05, 0.1) is 0 Å². The Balaban J connectivity index is 2.21. The molecule has 0 atom stereocenters. The number of halogens is 8. The van der Waals surface area contributed by atoms with Crippen molar-refractivity contribution in [1.29, 1.82) is 0 Å². The molecular weight excluding hydrogens is 460 g/mol. The van der Waals surface area contributed by atoms with Gasteiger partial charge >= 0.3 is 18.3 Å². The minimum atomic E-state index is -6.24. The summed E-state index contributed by atoms with van der Waals surface area (Å²) in [7, 11) is 0. The monoisotopic (exact) mass is 468 g/mol. The fourth-order valence-electron chi connectivity index (χ4n) is 2.35. The number of ether oxygens (including phenoxy) is 1. The summed E-state index contributed by atoms with van der Waals surface area (Å²) in [6, 6.07) is 2.47. The van der Waals surface area contributed by atoms with Crippen LogP contribution in [0, 0.1) is 0 Å². The molecule has 0 radical (unpaired) electrons. The van der Waals surface area contributed by atoms with Crippen LogP contribution in [-0.4, -0.2) is 31.2 Å². The van der Waals surface area contributed by atoms with E-state index >= 15 is 0 Å². The Hall–Kier alpha value is -3.78. The Morgan fingerprint density at radius 2 is 1.59 bits per heavy atom. The van der Waals surface area contributed by atoms with Crippen molar-refractivity contribution in [1.82, 2.24) is 19.9 Å². The molecule has 0 bridgehead atoms. The van der Waals surface area contributed by atoms with Crippen LogP contribution in [0.1, 0.15) is 11.3 Å². The normalized spacial score (nSPS) is 12.6. The molecule has 1 aromatic carbocycles. The summed E-state index contributed by atoms with van der Waals surface area (Å²) in [5.41, 5.74) is -5.58. The molecule has 0 saturated carbocycles. The molecule has 0 amide bonds. The number of phenolic OH excluding ortho intramolecular Hbond substituents is 1. The second-order valence-corrected chi connectivity index (χ2v) is 6.02. The second-order valence-electron chi connectivity index (χ2n) is 6.02. The van der Waals surface area contributed by atoms with Crippen molar-refractivity contribution in [2.24, 2.45) is 0 Å². The van der Waals surface area contributed by atoms with Crippen molar-refractivity contribution in [2.75, 3.05) is 0 Å². The standard InChI is InChI=1S/C17H8F8N4O3/c18-15(19,17(23,24)25)11-10(14(31)29-13(28-11)12-26-4-1-5-27-12)32-7-2-3-9(30)8(6-7)16(20,21)22/h1-6,30H,(H,28,29,31). The smallest absolute Gasteiger partial charge is 0.459 e. The first-order valence-corrected chi connectivity index (χ1v) is 8.16. The second kappa shape index (κ2) is 7.72. The number of phenols is 1. The number of nitrogens with zero attached hydrogens (tertiary/aromatic N) is 3. The Morgan fingerprint density at radius 3 is 2.16 bits per heavy atom. The van der Waals surface area contributed by atoms with Gasteiger partial charge in [-0.15, -0.1) is 0 Å². The summed E-state index contributed by atoms with van der Waals surface area (Å²) < 4.78 is 111. The lowest BCUT2D eigenvalue weighted by Gasteiger charge is -2.21. The number of H-pyrrole nitrogens is 1. The predicted octanol–water partition coefficient (Wildman–Crippen LogP) is 4.40. The molecule has 0 aliphatic rings. The van der Waals surface area contributed by atoms with E-state index in [4.69, 9.17) is 0 Å². The van der Waals surface area contributed by atoms with Crippen LogP contribution in [0.5, 0.6) is 17.2 Å². The molecule has 2 N–H and O–H groups in total. The highest BCUT2D eigenvalue weighted by atomic mass is 19.4. The lowest BCUT2D eigenvalue weighted by atomic mass is 10.1. The SMILES string of the molecule is O=c1[nH]c(-c2ncccn2)nc(C(F)(F)C(F)(F)F)c1Oc1ccc(O)c(C(F)(F)F)c1. The summed E-state index contributed by atoms with van der Waals surface area (Å²) in [6.45, 7) is 0. The van der Waals surface area contributed by atoms with E-state index < -0.39 is 64.0 Å². The number of nitrogens with one attached hydrogen (secondary N) is 1. The van der Waals surface area contributed by atoms with Crippen LogP contribution in [0.3, 0.4) is 0 Å². The van der Waals surface area contributed by atoms with Gasteiger partial charge in [0.1, 0.15) is 17.1 Å². The van der Waals surface area contributed by atoms with Gasteiger partial charge in [0.15, 0.2) is 17.3 Å². The molecule has 0 fully saturated rings. The van der Waals surface area contributed by atoms with Crippen LogP contribution >= 0.6 is 0 Å². The zero-order valence-electron chi connectivity index (χ0n) is 15.1. The summed E-state index contributed by atoms with van der Waals surface area (Å²) in [4.78, 5) is 24.4. The highest BCUT2D eigenvalue weighted by Gasteiger charge is 2.62. The lowest BCUT2D eigenvalue weighted by molar-refractivity contribution is -0.291. The number of alkyl halides is 8. The molecule has 0 aliphatic heterocycles. The van der Waals surface area contributed by atoms with E-state index in [9.17, 15) is 45.0 Å². The van der Waals surface area contributed by atoms with E-state index in [1.165, 1.54) is 6.07 Å². The molecule has 0 unspecified atom stereocenters.